The van der Waals surface area contributed by atoms with E-state index in [1.807, 2.05) is 23.1 Å². The average molecular weight is 436 g/mol. The van der Waals surface area contributed by atoms with E-state index in [-0.39, 0.29) is 24.0 Å². The molecule has 0 bridgehead atoms. The number of unbranched alkanes of at least 4 members (excludes halogenated alkanes) is 1. The van der Waals surface area contributed by atoms with Crippen LogP contribution in [0, 0.1) is 0 Å². The second kappa shape index (κ2) is 14.7. The molecule has 0 spiro atoms. The Hall–Kier alpha value is -0.830. The van der Waals surface area contributed by atoms with Gasteiger partial charge in [0.25, 0.3) is 0 Å². The molecule has 0 aromatic carbocycles. The Kier molecular flexibility index (Phi) is 14.2. The molecule has 1 heterocycles. The third-order valence-corrected chi connectivity index (χ3v) is 3.40. The number of hydrogen-bond acceptors (Lipinski definition) is 3. The second-order valence-electron chi connectivity index (χ2n) is 5.47. The normalized spacial score (nSPS) is 11.4. The molecule has 0 saturated heterocycles. The van der Waals surface area contributed by atoms with Crippen molar-refractivity contribution in [2.45, 2.75) is 39.7 Å². The number of guanidine groups is 1. The van der Waals surface area contributed by atoms with Gasteiger partial charge in [0, 0.05) is 45.1 Å². The molecule has 1 aromatic heterocycles. The Balaban J connectivity index is 0.00000484. The van der Waals surface area contributed by atoms with Crippen LogP contribution in [0.3, 0.4) is 0 Å². The lowest BCUT2D eigenvalue weighted by molar-refractivity contribution is 0.332. The summed E-state index contributed by atoms with van der Waals surface area (Å²) in [6.07, 6.45) is 7.30. The first-order valence-corrected chi connectivity index (χ1v) is 8.44. The van der Waals surface area contributed by atoms with Crippen LogP contribution in [0.4, 0.5) is 0 Å². The molecule has 0 amide bonds. The molecule has 6 nitrogen and oxygen atoms in total. The van der Waals surface area contributed by atoms with E-state index >= 15 is 0 Å². The van der Waals surface area contributed by atoms with Crippen LogP contribution in [0.2, 0.25) is 0 Å². The first-order chi connectivity index (χ1) is 10.8. The maximum atomic E-state index is 4.61. The van der Waals surface area contributed by atoms with Crippen LogP contribution < -0.4 is 10.6 Å². The van der Waals surface area contributed by atoms with E-state index in [0.717, 1.165) is 51.6 Å². The Bertz CT molecular complexity index is 393. The van der Waals surface area contributed by atoms with Gasteiger partial charge in [-0.05, 0) is 39.4 Å². The number of likely N-dealkylation sites (N-methyl/N-ethyl adjacent to an activating group) is 1. The molecule has 1 aromatic rings. The van der Waals surface area contributed by atoms with Crippen molar-refractivity contribution in [2.75, 3.05) is 39.8 Å². The van der Waals surface area contributed by atoms with E-state index in [4.69, 9.17) is 0 Å². The predicted molar refractivity (Wildman–Crippen MR) is 109 cm³/mol. The Morgan fingerprint density at radius 1 is 1.22 bits per heavy atom. The highest BCUT2D eigenvalue weighted by Crippen LogP contribution is 1.91. The van der Waals surface area contributed by atoms with E-state index in [1.54, 1.807) is 0 Å². The van der Waals surface area contributed by atoms with Gasteiger partial charge in [-0.2, -0.15) is 5.10 Å². The molecule has 0 atom stereocenters. The Morgan fingerprint density at radius 2 is 2.04 bits per heavy atom. The highest BCUT2D eigenvalue weighted by atomic mass is 127. The van der Waals surface area contributed by atoms with Crippen molar-refractivity contribution in [3.05, 3.63) is 18.5 Å². The highest BCUT2D eigenvalue weighted by Gasteiger charge is 2.00. The predicted octanol–water partition coefficient (Wildman–Crippen LogP) is 2.18. The van der Waals surface area contributed by atoms with Crippen molar-refractivity contribution < 1.29 is 0 Å². The summed E-state index contributed by atoms with van der Waals surface area (Å²) in [6, 6.07) is 1.95. The van der Waals surface area contributed by atoms with Crippen molar-refractivity contribution in [3.63, 3.8) is 0 Å². The monoisotopic (exact) mass is 436 g/mol. The van der Waals surface area contributed by atoms with Crippen molar-refractivity contribution >= 4 is 29.9 Å². The number of nitrogens with one attached hydrogen (secondary N) is 2. The van der Waals surface area contributed by atoms with Gasteiger partial charge in [0.1, 0.15) is 0 Å². The van der Waals surface area contributed by atoms with E-state index in [0.29, 0.717) is 0 Å². The minimum Gasteiger partial charge on any atom is -0.357 e. The summed E-state index contributed by atoms with van der Waals surface area (Å²) in [5.74, 6) is 0.909. The molecule has 0 saturated carbocycles. The number of aryl methyl sites for hydroxylation is 1. The zero-order valence-electron chi connectivity index (χ0n) is 14.8. The van der Waals surface area contributed by atoms with E-state index in [9.17, 15) is 0 Å². The number of rotatable bonds is 11. The topological polar surface area (TPSA) is 57.5 Å². The molecular formula is C16H33IN6. The standard InChI is InChI=1S/C16H32N6.HI/c1-4-6-12-21(3)15-11-19-16(17-5-2)18-9-7-13-22-14-8-10-20-22;/h8,10,14H,4-7,9,11-13,15H2,1-3H3,(H2,17,18,19);1H. The molecule has 134 valence electrons. The van der Waals surface area contributed by atoms with Gasteiger partial charge in [-0.25, -0.2) is 0 Å². The average Bonchev–Trinajstić information content (AvgIpc) is 3.02. The molecule has 0 radical (unpaired) electrons. The molecule has 0 aliphatic carbocycles. The van der Waals surface area contributed by atoms with E-state index < -0.39 is 0 Å². The molecule has 0 fully saturated rings. The molecular weight excluding hydrogens is 403 g/mol. The van der Waals surface area contributed by atoms with Gasteiger partial charge >= 0.3 is 0 Å². The number of aromatic nitrogens is 2. The van der Waals surface area contributed by atoms with Crippen LogP contribution in [-0.2, 0) is 6.54 Å². The van der Waals surface area contributed by atoms with Gasteiger partial charge < -0.3 is 15.5 Å². The molecule has 23 heavy (non-hydrogen) atoms. The minimum atomic E-state index is 0. The third kappa shape index (κ3) is 11.4. The lowest BCUT2D eigenvalue weighted by Crippen LogP contribution is -2.41. The van der Waals surface area contributed by atoms with Gasteiger partial charge in [-0.3, -0.25) is 9.67 Å². The second-order valence-corrected chi connectivity index (χ2v) is 5.47. The molecule has 0 aliphatic heterocycles. The van der Waals surface area contributed by atoms with Crippen LogP contribution >= 0.6 is 24.0 Å². The number of hydrogen-bond donors (Lipinski definition) is 2. The zero-order chi connectivity index (χ0) is 16.0. The van der Waals surface area contributed by atoms with Gasteiger partial charge in [0.2, 0.25) is 0 Å². The van der Waals surface area contributed by atoms with Crippen LogP contribution in [0.5, 0.6) is 0 Å². The molecule has 0 aliphatic rings. The first kappa shape index (κ1) is 22.2. The van der Waals surface area contributed by atoms with Gasteiger partial charge in [0.15, 0.2) is 5.96 Å². The quantitative estimate of drug-likeness (QED) is 0.242. The SMILES string of the molecule is CCCCN(C)CCNC(=NCCCn1cccn1)NCC.I. The summed E-state index contributed by atoms with van der Waals surface area (Å²) in [5.41, 5.74) is 0. The fourth-order valence-electron chi connectivity index (χ4n) is 2.10. The van der Waals surface area contributed by atoms with Crippen molar-refractivity contribution in [1.82, 2.24) is 25.3 Å². The molecule has 1 rings (SSSR count). The fourth-order valence-corrected chi connectivity index (χ4v) is 2.10. The smallest absolute Gasteiger partial charge is 0.191 e. The Morgan fingerprint density at radius 3 is 2.70 bits per heavy atom. The van der Waals surface area contributed by atoms with Crippen LogP contribution in [0.25, 0.3) is 0 Å². The number of aliphatic imine (C=N–C) groups is 1. The first-order valence-electron chi connectivity index (χ1n) is 8.44. The Labute approximate surface area is 158 Å². The van der Waals surface area contributed by atoms with Crippen molar-refractivity contribution in [2.24, 2.45) is 4.99 Å². The van der Waals surface area contributed by atoms with Crippen molar-refractivity contribution in [1.29, 1.82) is 0 Å². The van der Waals surface area contributed by atoms with Gasteiger partial charge in [0.05, 0.1) is 0 Å². The summed E-state index contributed by atoms with van der Waals surface area (Å²) in [7, 11) is 2.17. The third-order valence-electron chi connectivity index (χ3n) is 3.40. The van der Waals surface area contributed by atoms with E-state index in [1.165, 1.54) is 12.8 Å². The molecule has 7 heteroatoms. The summed E-state index contributed by atoms with van der Waals surface area (Å²) in [5, 5.41) is 10.9. The minimum absolute atomic E-state index is 0. The number of nitrogens with zero attached hydrogens (tertiary/aromatic N) is 4. The van der Waals surface area contributed by atoms with Crippen molar-refractivity contribution in [3.8, 4) is 0 Å². The van der Waals surface area contributed by atoms with Crippen LogP contribution in [-0.4, -0.2) is 60.4 Å². The van der Waals surface area contributed by atoms with Crippen LogP contribution in [0.1, 0.15) is 33.1 Å². The van der Waals surface area contributed by atoms with E-state index in [2.05, 4.69) is 46.5 Å². The fraction of sp³-hybridized carbons (Fsp3) is 0.750. The molecule has 2 N–H and O–H groups in total. The lowest BCUT2D eigenvalue weighted by Gasteiger charge is -2.17. The maximum absolute atomic E-state index is 4.61. The summed E-state index contributed by atoms with van der Waals surface area (Å²) in [4.78, 5) is 6.97. The van der Waals surface area contributed by atoms with Gasteiger partial charge in [-0.15, -0.1) is 24.0 Å². The number of halogens is 1. The van der Waals surface area contributed by atoms with Crippen LogP contribution in [0.15, 0.2) is 23.5 Å². The summed E-state index contributed by atoms with van der Waals surface area (Å²) >= 11 is 0. The summed E-state index contributed by atoms with van der Waals surface area (Å²) < 4.78 is 1.94. The largest absolute Gasteiger partial charge is 0.357 e. The molecule has 0 unspecified atom stereocenters. The van der Waals surface area contributed by atoms with Gasteiger partial charge in [-0.1, -0.05) is 13.3 Å². The lowest BCUT2D eigenvalue weighted by atomic mass is 10.3. The highest BCUT2D eigenvalue weighted by molar-refractivity contribution is 14.0. The maximum Gasteiger partial charge on any atom is 0.191 e. The summed E-state index contributed by atoms with van der Waals surface area (Å²) in [6.45, 7) is 10.0. The zero-order valence-corrected chi connectivity index (χ0v) is 17.1.